The number of alkyl halides is 1. The summed E-state index contributed by atoms with van der Waals surface area (Å²) in [6, 6.07) is -1.79. The van der Waals surface area contributed by atoms with Gasteiger partial charge in [-0.1, -0.05) is 6.08 Å². The number of carbonyl (C=O) groups is 1. The molecule has 2 aliphatic heterocycles. The van der Waals surface area contributed by atoms with Crippen LogP contribution in [0, 0.1) is 0 Å². The van der Waals surface area contributed by atoms with Crippen LogP contribution >= 0.6 is 0 Å². The van der Waals surface area contributed by atoms with Crippen LogP contribution in [-0.4, -0.2) is 37.4 Å². The minimum atomic E-state index is -4.10. The summed E-state index contributed by atoms with van der Waals surface area (Å²) < 4.78 is 38.5. The third-order valence-electron chi connectivity index (χ3n) is 2.50. The molecule has 7 heteroatoms. The molecule has 2 atom stereocenters. The summed E-state index contributed by atoms with van der Waals surface area (Å²) in [6.45, 7) is 0. The Hall–Kier alpha value is -0.950. The monoisotopic (exact) mass is 235 g/mol. The summed E-state index contributed by atoms with van der Waals surface area (Å²) in [6.07, 6.45) is 3.25. The lowest BCUT2D eigenvalue weighted by Crippen LogP contribution is -2.57. The Kier molecular flexibility index (Phi) is 2.51. The Bertz CT molecular complexity index is 405. The maximum atomic E-state index is 12.0. The van der Waals surface area contributed by atoms with Crippen LogP contribution in [0.15, 0.2) is 12.3 Å². The van der Waals surface area contributed by atoms with Gasteiger partial charge in [0.25, 0.3) is 10.1 Å². The van der Waals surface area contributed by atoms with Gasteiger partial charge in [0.05, 0.1) is 12.5 Å². The van der Waals surface area contributed by atoms with Crippen molar-refractivity contribution in [2.24, 2.45) is 0 Å². The zero-order valence-corrected chi connectivity index (χ0v) is 8.61. The number of hydrogen-bond donors (Lipinski definition) is 0. The molecular formula is C8H10FNO4S. The predicted molar refractivity (Wildman–Crippen MR) is 48.8 cm³/mol. The molecule has 15 heavy (non-hydrogen) atoms. The molecule has 1 saturated heterocycles. The maximum absolute atomic E-state index is 12.0. The lowest BCUT2D eigenvalue weighted by molar-refractivity contribution is -0.146. The molecule has 84 valence electrons. The van der Waals surface area contributed by atoms with Crippen LogP contribution in [0.3, 0.4) is 0 Å². The van der Waals surface area contributed by atoms with E-state index >= 15 is 0 Å². The highest BCUT2D eigenvalue weighted by Crippen LogP contribution is 2.30. The molecule has 2 heterocycles. The fraction of sp³-hybridized carbons (Fsp3) is 0.625. The molecule has 1 amide bonds. The fourth-order valence-electron chi connectivity index (χ4n) is 1.74. The summed E-state index contributed by atoms with van der Waals surface area (Å²) in [7, 11) is -4.10. The maximum Gasteiger partial charge on any atom is 0.297 e. The molecule has 0 radical (unpaired) electrons. The molecule has 1 fully saturated rings. The number of carbonyl (C=O) groups excluding carboxylic acids is 1. The van der Waals surface area contributed by atoms with E-state index in [0.29, 0.717) is 6.42 Å². The summed E-state index contributed by atoms with van der Waals surface area (Å²) in [5, 5.41) is 0. The third kappa shape index (κ3) is 1.89. The van der Waals surface area contributed by atoms with E-state index in [1.807, 2.05) is 0 Å². The van der Waals surface area contributed by atoms with Crippen molar-refractivity contribution in [3.05, 3.63) is 12.3 Å². The van der Waals surface area contributed by atoms with Gasteiger partial charge in [-0.3, -0.25) is 8.98 Å². The highest BCUT2D eigenvalue weighted by Gasteiger charge is 2.43. The SMILES string of the molecule is O=C1C[C@H]2C(OS(=O)(=O)CF)CC=CN12. The third-order valence-corrected chi connectivity index (χ3v) is 3.30. The van der Waals surface area contributed by atoms with Crippen LogP contribution in [0.1, 0.15) is 12.8 Å². The van der Waals surface area contributed by atoms with Crippen LogP contribution in [0.5, 0.6) is 0 Å². The first kappa shape index (κ1) is 10.6. The van der Waals surface area contributed by atoms with Crippen molar-refractivity contribution < 1.29 is 21.8 Å². The normalized spacial score (nSPS) is 29.9. The van der Waals surface area contributed by atoms with Crippen LogP contribution < -0.4 is 0 Å². The summed E-state index contributed by atoms with van der Waals surface area (Å²) >= 11 is 0. The molecule has 5 nitrogen and oxygen atoms in total. The average Bonchev–Trinajstić information content (AvgIpc) is 2.18. The van der Waals surface area contributed by atoms with E-state index < -0.39 is 22.2 Å². The van der Waals surface area contributed by atoms with Gasteiger partial charge >= 0.3 is 0 Å². The van der Waals surface area contributed by atoms with Crippen molar-refractivity contribution >= 4 is 16.0 Å². The summed E-state index contributed by atoms with van der Waals surface area (Å²) in [5.41, 5.74) is 0. The first-order chi connectivity index (χ1) is 7.03. The number of nitrogens with zero attached hydrogens (tertiary/aromatic N) is 1. The standard InChI is InChI=1S/C8H10FNO4S/c9-5-15(12,13)14-7-2-1-3-10-6(7)4-8(10)11/h1,3,6-7H,2,4-5H2/t6-,7?/m0/s1. The van der Waals surface area contributed by atoms with Crippen LogP contribution in [-0.2, 0) is 19.1 Å². The molecule has 0 saturated carbocycles. The molecule has 0 aromatic heterocycles. The Morgan fingerprint density at radius 2 is 2.33 bits per heavy atom. The fourth-order valence-corrected chi connectivity index (χ4v) is 2.38. The van der Waals surface area contributed by atoms with E-state index in [-0.39, 0.29) is 18.4 Å². The Labute approximate surface area is 86.6 Å². The Morgan fingerprint density at radius 1 is 1.60 bits per heavy atom. The first-order valence-corrected chi connectivity index (χ1v) is 6.06. The molecule has 0 spiro atoms. The molecule has 1 unspecified atom stereocenters. The van der Waals surface area contributed by atoms with Crippen molar-refractivity contribution in [3.8, 4) is 0 Å². The molecule has 0 N–H and O–H groups in total. The van der Waals surface area contributed by atoms with Crippen molar-refractivity contribution in [2.45, 2.75) is 25.0 Å². The predicted octanol–water partition coefficient (Wildman–Crippen LogP) is 0.147. The molecule has 0 aliphatic carbocycles. The molecule has 2 aliphatic rings. The molecule has 0 bridgehead atoms. The Balaban J connectivity index is 2.07. The second kappa shape index (κ2) is 3.57. The number of β-lactam (4-membered cyclic amide) rings is 1. The van der Waals surface area contributed by atoms with Crippen molar-refractivity contribution in [2.75, 3.05) is 6.01 Å². The Morgan fingerprint density at radius 3 is 2.93 bits per heavy atom. The lowest BCUT2D eigenvalue weighted by Gasteiger charge is -2.44. The second-order valence-corrected chi connectivity index (χ2v) is 5.02. The summed E-state index contributed by atoms with van der Waals surface area (Å²) in [5.74, 6) is -0.0674. The number of rotatable bonds is 3. The number of amides is 1. The highest BCUT2D eigenvalue weighted by molar-refractivity contribution is 7.86. The van der Waals surface area contributed by atoms with E-state index in [1.165, 1.54) is 4.90 Å². The number of fused-ring (bicyclic) bond motifs is 1. The number of halogens is 1. The van der Waals surface area contributed by atoms with E-state index in [4.69, 9.17) is 0 Å². The van der Waals surface area contributed by atoms with Gasteiger partial charge in [0.15, 0.2) is 0 Å². The smallest absolute Gasteiger partial charge is 0.297 e. The van der Waals surface area contributed by atoms with Gasteiger partial charge in [0.1, 0.15) is 6.10 Å². The van der Waals surface area contributed by atoms with Gasteiger partial charge < -0.3 is 4.90 Å². The van der Waals surface area contributed by atoms with Crippen LogP contribution in [0.2, 0.25) is 0 Å². The van der Waals surface area contributed by atoms with Gasteiger partial charge in [0, 0.05) is 6.20 Å². The van der Waals surface area contributed by atoms with E-state index in [1.54, 1.807) is 12.3 Å². The van der Waals surface area contributed by atoms with Gasteiger partial charge in [-0.25, -0.2) is 4.39 Å². The van der Waals surface area contributed by atoms with Crippen molar-refractivity contribution in [1.29, 1.82) is 0 Å². The minimum Gasteiger partial charge on any atom is -0.313 e. The topological polar surface area (TPSA) is 63.7 Å². The molecule has 0 aromatic rings. The van der Waals surface area contributed by atoms with Crippen molar-refractivity contribution in [1.82, 2.24) is 4.90 Å². The zero-order chi connectivity index (χ0) is 11.1. The van der Waals surface area contributed by atoms with Crippen molar-refractivity contribution in [3.63, 3.8) is 0 Å². The van der Waals surface area contributed by atoms with Gasteiger partial charge in [-0.15, -0.1) is 0 Å². The second-order valence-electron chi connectivity index (χ2n) is 3.49. The van der Waals surface area contributed by atoms with Gasteiger partial charge in [-0.2, -0.15) is 8.42 Å². The first-order valence-electron chi connectivity index (χ1n) is 4.48. The summed E-state index contributed by atoms with van der Waals surface area (Å²) in [4.78, 5) is 12.5. The number of hydrogen-bond acceptors (Lipinski definition) is 4. The quantitative estimate of drug-likeness (QED) is 0.516. The highest BCUT2D eigenvalue weighted by atomic mass is 32.2. The van der Waals surface area contributed by atoms with Gasteiger partial charge in [0.2, 0.25) is 11.9 Å². The van der Waals surface area contributed by atoms with Crippen LogP contribution in [0.25, 0.3) is 0 Å². The molecule has 0 aromatic carbocycles. The van der Waals surface area contributed by atoms with E-state index in [0.717, 1.165) is 0 Å². The van der Waals surface area contributed by atoms with E-state index in [9.17, 15) is 17.6 Å². The minimum absolute atomic E-state index is 0.0674. The van der Waals surface area contributed by atoms with E-state index in [2.05, 4.69) is 4.18 Å². The molecular weight excluding hydrogens is 225 g/mol. The lowest BCUT2D eigenvalue weighted by atomic mass is 9.92. The average molecular weight is 235 g/mol. The zero-order valence-electron chi connectivity index (χ0n) is 7.80. The van der Waals surface area contributed by atoms with Crippen LogP contribution in [0.4, 0.5) is 4.39 Å². The molecule has 2 rings (SSSR count). The van der Waals surface area contributed by atoms with Gasteiger partial charge in [-0.05, 0) is 6.42 Å². The largest absolute Gasteiger partial charge is 0.313 e.